The molecule has 29 heavy (non-hydrogen) atoms. The number of nitrogens with zero attached hydrogens (tertiary/aromatic N) is 5. The van der Waals surface area contributed by atoms with Gasteiger partial charge in [0, 0.05) is 39.1 Å². The minimum absolute atomic E-state index is 0.109. The number of hydrogen-bond donors (Lipinski definition) is 2. The van der Waals surface area contributed by atoms with Crippen molar-refractivity contribution in [2.24, 2.45) is 0 Å². The first-order valence-electron chi connectivity index (χ1n) is 9.42. The van der Waals surface area contributed by atoms with Gasteiger partial charge in [0.05, 0.1) is 19.1 Å². The van der Waals surface area contributed by atoms with Crippen molar-refractivity contribution in [3.63, 3.8) is 0 Å². The summed E-state index contributed by atoms with van der Waals surface area (Å²) in [5.74, 6) is 1.51. The van der Waals surface area contributed by atoms with Crippen LogP contribution in [0.1, 0.15) is 6.42 Å². The van der Waals surface area contributed by atoms with Gasteiger partial charge in [-0.3, -0.25) is 4.79 Å². The number of benzene rings is 1. The molecule has 1 aliphatic rings. The van der Waals surface area contributed by atoms with Gasteiger partial charge in [0.2, 0.25) is 11.2 Å². The molecule has 1 fully saturated rings. The summed E-state index contributed by atoms with van der Waals surface area (Å²) >= 11 is 5.92. The average Bonchev–Trinajstić information content (AvgIpc) is 3.22. The summed E-state index contributed by atoms with van der Waals surface area (Å²) in [6.45, 7) is 3.36. The monoisotopic (exact) mass is 415 g/mol. The van der Waals surface area contributed by atoms with Crippen molar-refractivity contribution in [1.29, 1.82) is 0 Å². The third-order valence-electron chi connectivity index (χ3n) is 4.95. The molecule has 4 rings (SSSR count). The van der Waals surface area contributed by atoms with Crippen LogP contribution in [0.3, 0.4) is 0 Å². The number of halogens is 1. The molecule has 0 unspecified atom stereocenters. The van der Waals surface area contributed by atoms with Gasteiger partial charge in [-0.1, -0.05) is 12.1 Å². The molecule has 0 bridgehead atoms. The van der Waals surface area contributed by atoms with Crippen molar-refractivity contribution >= 4 is 40.2 Å². The first-order valence-corrected chi connectivity index (χ1v) is 9.79. The molecule has 3 heterocycles. The van der Waals surface area contributed by atoms with E-state index in [1.54, 1.807) is 7.11 Å². The number of methoxy groups -OCH3 is 1. The molecule has 2 aromatic heterocycles. The normalized spacial score (nSPS) is 14.3. The highest BCUT2D eigenvalue weighted by atomic mass is 35.5. The summed E-state index contributed by atoms with van der Waals surface area (Å²) in [7, 11) is 1.67. The van der Waals surface area contributed by atoms with E-state index in [9.17, 15) is 4.79 Å². The van der Waals surface area contributed by atoms with Gasteiger partial charge in [-0.05, 0) is 23.7 Å². The lowest BCUT2D eigenvalue weighted by molar-refractivity contribution is -0.131. The molecule has 0 saturated carbocycles. The molecule has 0 spiro atoms. The van der Waals surface area contributed by atoms with Crippen molar-refractivity contribution in [3.05, 3.63) is 35.9 Å². The van der Waals surface area contributed by atoms with E-state index < -0.39 is 0 Å². The number of anilines is 2. The Morgan fingerprint density at radius 2 is 2.03 bits per heavy atom. The number of hydrogen-bond acceptors (Lipinski definition) is 7. The van der Waals surface area contributed by atoms with Crippen LogP contribution in [-0.4, -0.2) is 70.6 Å². The molecule has 9 nitrogen and oxygen atoms in total. The number of carbonyl (C=O) groups excluding carboxylic acids is 1. The Hall–Kier alpha value is -3.07. The fourth-order valence-corrected chi connectivity index (χ4v) is 3.63. The smallest absolute Gasteiger partial charge is 0.226 e. The van der Waals surface area contributed by atoms with Crippen molar-refractivity contribution in [2.45, 2.75) is 6.42 Å². The third kappa shape index (κ3) is 4.19. The number of fused-ring (bicyclic) bond motifs is 1. The predicted octanol–water partition coefficient (Wildman–Crippen LogP) is 2.17. The quantitative estimate of drug-likeness (QED) is 0.595. The minimum Gasteiger partial charge on any atom is -0.495 e. The van der Waals surface area contributed by atoms with Crippen LogP contribution in [0, 0.1) is 0 Å². The topological polar surface area (TPSA) is 99.3 Å². The lowest BCUT2D eigenvalue weighted by atomic mass is 10.2. The largest absolute Gasteiger partial charge is 0.495 e. The number of carbonyl (C=O) groups is 1. The Bertz CT molecular complexity index is 1000. The van der Waals surface area contributed by atoms with Gasteiger partial charge in [-0.25, -0.2) is 4.98 Å². The molecule has 1 amide bonds. The SMILES string of the molecule is COc1ccccc1N1CCN(C(=O)CCNc2nc(Cl)nc3nc[nH]c23)CC1. The lowest BCUT2D eigenvalue weighted by Gasteiger charge is -2.36. The van der Waals surface area contributed by atoms with E-state index in [2.05, 4.69) is 30.2 Å². The highest BCUT2D eigenvalue weighted by molar-refractivity contribution is 6.28. The van der Waals surface area contributed by atoms with Gasteiger partial charge in [-0.2, -0.15) is 9.97 Å². The fraction of sp³-hybridized carbons (Fsp3) is 0.368. The molecule has 0 atom stereocenters. The van der Waals surface area contributed by atoms with Crippen LogP contribution in [0.25, 0.3) is 11.2 Å². The van der Waals surface area contributed by atoms with Gasteiger partial charge in [0.1, 0.15) is 11.3 Å². The number of nitrogens with one attached hydrogen (secondary N) is 2. The van der Waals surface area contributed by atoms with Crippen LogP contribution in [0.15, 0.2) is 30.6 Å². The molecule has 3 aromatic rings. The number of para-hydroxylation sites is 2. The zero-order valence-electron chi connectivity index (χ0n) is 16.1. The third-order valence-corrected chi connectivity index (χ3v) is 5.12. The predicted molar refractivity (Wildman–Crippen MR) is 112 cm³/mol. The van der Waals surface area contributed by atoms with Crippen LogP contribution >= 0.6 is 11.6 Å². The van der Waals surface area contributed by atoms with Crippen LogP contribution in [-0.2, 0) is 4.79 Å². The van der Waals surface area contributed by atoms with Crippen LogP contribution < -0.4 is 15.0 Å². The Morgan fingerprint density at radius 3 is 2.83 bits per heavy atom. The van der Waals surface area contributed by atoms with Gasteiger partial charge in [0.15, 0.2) is 11.5 Å². The van der Waals surface area contributed by atoms with Gasteiger partial charge in [-0.15, -0.1) is 0 Å². The van der Waals surface area contributed by atoms with Gasteiger partial charge < -0.3 is 24.8 Å². The Morgan fingerprint density at radius 1 is 1.24 bits per heavy atom. The maximum absolute atomic E-state index is 12.6. The number of aromatic nitrogens is 4. The van der Waals surface area contributed by atoms with Gasteiger partial charge >= 0.3 is 0 Å². The number of amides is 1. The number of imidazole rings is 1. The molecule has 1 aromatic carbocycles. The van der Waals surface area contributed by atoms with E-state index in [-0.39, 0.29) is 11.2 Å². The molecule has 1 aliphatic heterocycles. The molecule has 0 aliphatic carbocycles. The Balaban J connectivity index is 1.29. The highest BCUT2D eigenvalue weighted by Gasteiger charge is 2.22. The summed E-state index contributed by atoms with van der Waals surface area (Å²) in [5.41, 5.74) is 2.23. The maximum atomic E-state index is 12.6. The minimum atomic E-state index is 0.109. The summed E-state index contributed by atoms with van der Waals surface area (Å²) in [6.07, 6.45) is 1.90. The van der Waals surface area contributed by atoms with Crippen molar-refractivity contribution in [3.8, 4) is 5.75 Å². The number of ether oxygens (including phenoxy) is 1. The Labute approximate surface area is 173 Å². The number of aromatic amines is 1. The Kier molecular flexibility index (Phi) is 5.66. The summed E-state index contributed by atoms with van der Waals surface area (Å²) in [4.78, 5) is 32.0. The second kappa shape index (κ2) is 8.52. The van der Waals surface area contributed by atoms with E-state index in [0.29, 0.717) is 43.0 Å². The van der Waals surface area contributed by atoms with E-state index in [1.165, 1.54) is 6.33 Å². The summed E-state index contributed by atoms with van der Waals surface area (Å²) < 4.78 is 5.44. The first kappa shape index (κ1) is 19.3. The molecule has 2 N–H and O–H groups in total. The summed E-state index contributed by atoms with van der Waals surface area (Å²) in [5, 5.41) is 3.27. The zero-order valence-corrected chi connectivity index (χ0v) is 16.8. The first-order chi connectivity index (χ1) is 14.2. The van der Waals surface area contributed by atoms with Crippen LogP contribution in [0.2, 0.25) is 5.28 Å². The van der Waals surface area contributed by atoms with Gasteiger partial charge in [0.25, 0.3) is 0 Å². The van der Waals surface area contributed by atoms with Crippen molar-refractivity contribution in [2.75, 3.05) is 50.1 Å². The van der Waals surface area contributed by atoms with Crippen molar-refractivity contribution in [1.82, 2.24) is 24.8 Å². The van der Waals surface area contributed by atoms with Crippen LogP contribution in [0.5, 0.6) is 5.75 Å². The fourth-order valence-electron chi connectivity index (χ4n) is 3.47. The molecular formula is C19H22ClN7O2. The van der Waals surface area contributed by atoms with E-state index in [4.69, 9.17) is 16.3 Å². The molecule has 0 radical (unpaired) electrons. The van der Waals surface area contributed by atoms with E-state index in [0.717, 1.165) is 24.5 Å². The number of H-pyrrole nitrogens is 1. The average molecular weight is 416 g/mol. The molecular weight excluding hydrogens is 394 g/mol. The van der Waals surface area contributed by atoms with E-state index >= 15 is 0 Å². The number of piperazine rings is 1. The molecule has 1 saturated heterocycles. The molecule has 10 heteroatoms. The van der Waals surface area contributed by atoms with Crippen molar-refractivity contribution < 1.29 is 9.53 Å². The second-order valence-electron chi connectivity index (χ2n) is 6.66. The highest BCUT2D eigenvalue weighted by Crippen LogP contribution is 2.28. The number of rotatable bonds is 6. The van der Waals surface area contributed by atoms with Crippen LogP contribution in [0.4, 0.5) is 11.5 Å². The maximum Gasteiger partial charge on any atom is 0.226 e. The summed E-state index contributed by atoms with van der Waals surface area (Å²) in [6, 6.07) is 7.95. The standard InChI is InChI=1S/C19H22ClN7O2/c1-29-14-5-3-2-4-13(14)26-8-10-27(11-9-26)15(28)6-7-21-17-16-18(23-12-22-16)25-19(20)24-17/h2-5,12H,6-11H2,1H3,(H2,21,22,23,24,25). The second-order valence-corrected chi connectivity index (χ2v) is 7.00. The zero-order chi connectivity index (χ0) is 20.2. The lowest BCUT2D eigenvalue weighted by Crippen LogP contribution is -2.49. The van der Waals surface area contributed by atoms with E-state index in [1.807, 2.05) is 29.2 Å². The molecule has 152 valence electrons.